The number of fused-ring (bicyclic) bond motifs is 1. The Balaban J connectivity index is 1.24. The molecule has 0 bridgehead atoms. The summed E-state index contributed by atoms with van der Waals surface area (Å²) < 4.78 is 17.9. The van der Waals surface area contributed by atoms with Crippen LogP contribution in [0.1, 0.15) is 67.3 Å². The average Bonchev–Trinajstić information content (AvgIpc) is 3.19. The van der Waals surface area contributed by atoms with Crippen molar-refractivity contribution >= 4 is 11.8 Å². The zero-order valence-electron chi connectivity index (χ0n) is 20.6. The molecule has 8 heteroatoms. The van der Waals surface area contributed by atoms with Crippen LogP contribution in [0.2, 0.25) is 0 Å². The van der Waals surface area contributed by atoms with E-state index >= 15 is 0 Å². The maximum absolute atomic E-state index is 13.0. The lowest BCUT2D eigenvalue weighted by Crippen LogP contribution is -2.53. The van der Waals surface area contributed by atoms with Crippen molar-refractivity contribution in [3.05, 3.63) is 41.6 Å². The number of methoxy groups -OCH3 is 1. The van der Waals surface area contributed by atoms with Crippen molar-refractivity contribution < 1.29 is 23.8 Å². The summed E-state index contributed by atoms with van der Waals surface area (Å²) in [6.45, 7) is 6.54. The number of nitrogens with one attached hydrogen (secondary N) is 2. The molecule has 2 N–H and O–H groups in total. The van der Waals surface area contributed by atoms with Crippen molar-refractivity contribution in [2.75, 3.05) is 26.9 Å². The first-order valence-corrected chi connectivity index (χ1v) is 12.9. The highest BCUT2D eigenvalue weighted by Gasteiger charge is 2.39. The summed E-state index contributed by atoms with van der Waals surface area (Å²) in [6, 6.07) is 5.52. The van der Waals surface area contributed by atoms with Crippen LogP contribution in [0.15, 0.2) is 30.5 Å². The fourth-order valence-corrected chi connectivity index (χ4v) is 5.86. The van der Waals surface area contributed by atoms with Gasteiger partial charge in [-0.3, -0.25) is 9.59 Å². The zero-order chi connectivity index (χ0) is 24.4. The minimum Gasteiger partial charge on any atom is -0.489 e. The van der Waals surface area contributed by atoms with E-state index in [4.69, 9.17) is 14.2 Å². The number of hydrogen-bond acceptors (Lipinski definition) is 6. The molecule has 2 amide bonds. The molecule has 3 atom stereocenters. The molecular formula is C27H37N3O5. The van der Waals surface area contributed by atoms with E-state index in [1.807, 2.05) is 18.2 Å². The van der Waals surface area contributed by atoms with Gasteiger partial charge in [0.05, 0.1) is 5.60 Å². The topological polar surface area (TPSA) is 89.1 Å². The molecule has 1 unspecified atom stereocenters. The second kappa shape index (κ2) is 10.3. The number of benzene rings is 1. The summed E-state index contributed by atoms with van der Waals surface area (Å²) in [5, 5.41) is 6.54. The number of ether oxygens (including phenoxy) is 3. The number of carbonyl (C=O) groups is 2. The van der Waals surface area contributed by atoms with Gasteiger partial charge in [-0.05, 0) is 55.9 Å². The molecule has 0 aromatic heterocycles. The average molecular weight is 484 g/mol. The van der Waals surface area contributed by atoms with Crippen molar-refractivity contribution in [3.63, 3.8) is 0 Å². The van der Waals surface area contributed by atoms with Gasteiger partial charge in [-0.1, -0.05) is 13.0 Å². The van der Waals surface area contributed by atoms with Crippen LogP contribution in [0.25, 0.3) is 0 Å². The van der Waals surface area contributed by atoms with Crippen molar-refractivity contribution in [1.82, 2.24) is 15.5 Å². The summed E-state index contributed by atoms with van der Waals surface area (Å²) in [6.07, 6.45) is 7.56. The Hall–Kier alpha value is -2.42. The third-order valence-corrected chi connectivity index (χ3v) is 8.12. The van der Waals surface area contributed by atoms with Crippen molar-refractivity contribution in [3.8, 4) is 5.75 Å². The molecule has 35 heavy (non-hydrogen) atoms. The first kappa shape index (κ1) is 24.3. The standard InChI is InChI=1S/C27H37N3O5/c1-18-7-10-23(25(31)29-18)30-16-19-15-20(8-9-21(19)26(30)32)35-24-6-4-3-5-22(24)28-17-27(33-2)11-13-34-14-12-27/h8-9,15,22-24,28H,1,3-7,10-14,16-17H2,2H3,(H,29,31)/t22-,23?,24+/m0/s1. The third-order valence-electron chi connectivity index (χ3n) is 8.12. The third kappa shape index (κ3) is 5.10. The lowest BCUT2D eigenvalue weighted by Gasteiger charge is -2.39. The van der Waals surface area contributed by atoms with E-state index in [0.717, 1.165) is 68.9 Å². The van der Waals surface area contributed by atoms with Crippen molar-refractivity contribution in [1.29, 1.82) is 0 Å². The van der Waals surface area contributed by atoms with Gasteiger partial charge in [0.25, 0.3) is 5.91 Å². The Morgan fingerprint density at radius 3 is 2.77 bits per heavy atom. The molecule has 1 aliphatic carbocycles. The van der Waals surface area contributed by atoms with Gasteiger partial charge in [0.15, 0.2) is 0 Å². The number of nitrogens with zero attached hydrogens (tertiary/aromatic N) is 1. The van der Waals surface area contributed by atoms with Crippen LogP contribution in [-0.2, 0) is 20.8 Å². The molecule has 4 aliphatic rings. The van der Waals surface area contributed by atoms with Gasteiger partial charge >= 0.3 is 0 Å². The maximum atomic E-state index is 13.0. The molecule has 190 valence electrons. The molecular weight excluding hydrogens is 446 g/mol. The van der Waals surface area contributed by atoms with E-state index < -0.39 is 6.04 Å². The second-order valence-electron chi connectivity index (χ2n) is 10.3. The van der Waals surface area contributed by atoms with E-state index in [1.165, 1.54) is 6.42 Å². The predicted octanol–water partition coefficient (Wildman–Crippen LogP) is 2.91. The minimum atomic E-state index is -0.449. The fourth-order valence-electron chi connectivity index (χ4n) is 5.86. The molecule has 5 rings (SSSR count). The monoisotopic (exact) mass is 483 g/mol. The summed E-state index contributed by atoms with van der Waals surface area (Å²) in [7, 11) is 1.80. The SMILES string of the molecule is C=C1CCC(N2Cc3cc(O[C@@H]4CCCC[C@@H]4NCC4(OC)CCOCC4)ccc3C2=O)C(=O)N1. The Bertz CT molecular complexity index is 974. The first-order chi connectivity index (χ1) is 17.0. The second-order valence-corrected chi connectivity index (χ2v) is 10.3. The number of piperidine rings is 1. The van der Waals surface area contributed by atoms with Gasteiger partial charge in [-0.15, -0.1) is 0 Å². The lowest BCUT2D eigenvalue weighted by molar-refractivity contribution is -0.126. The van der Waals surface area contributed by atoms with Gasteiger partial charge < -0.3 is 29.7 Å². The van der Waals surface area contributed by atoms with Gasteiger partial charge in [0.2, 0.25) is 5.91 Å². The maximum Gasteiger partial charge on any atom is 0.255 e. The number of allylic oxidation sites excluding steroid dienone is 1. The Labute approximate surface area is 207 Å². The van der Waals surface area contributed by atoms with Crippen LogP contribution in [0, 0.1) is 0 Å². The van der Waals surface area contributed by atoms with Crippen LogP contribution in [0.3, 0.4) is 0 Å². The first-order valence-electron chi connectivity index (χ1n) is 12.9. The van der Waals surface area contributed by atoms with Crippen LogP contribution < -0.4 is 15.4 Å². The summed E-state index contributed by atoms with van der Waals surface area (Å²) in [5.41, 5.74) is 2.13. The van der Waals surface area contributed by atoms with Gasteiger partial charge in [0, 0.05) is 63.6 Å². The molecule has 3 aliphatic heterocycles. The molecule has 1 aromatic carbocycles. The van der Waals surface area contributed by atoms with E-state index in [1.54, 1.807) is 12.0 Å². The molecule has 2 saturated heterocycles. The largest absolute Gasteiger partial charge is 0.489 e. The number of amides is 2. The fraction of sp³-hybridized carbons (Fsp3) is 0.630. The summed E-state index contributed by atoms with van der Waals surface area (Å²) in [5.74, 6) is 0.553. The molecule has 1 aromatic rings. The van der Waals surface area contributed by atoms with E-state index in [0.29, 0.717) is 24.9 Å². The van der Waals surface area contributed by atoms with Crippen LogP contribution in [0.5, 0.6) is 5.75 Å². The Morgan fingerprint density at radius 2 is 2.00 bits per heavy atom. The highest BCUT2D eigenvalue weighted by Crippen LogP contribution is 2.33. The summed E-state index contributed by atoms with van der Waals surface area (Å²) >= 11 is 0. The molecule has 3 fully saturated rings. The quantitative estimate of drug-likeness (QED) is 0.620. The van der Waals surface area contributed by atoms with Crippen molar-refractivity contribution in [2.24, 2.45) is 0 Å². The minimum absolute atomic E-state index is 0.0684. The lowest BCUT2D eigenvalue weighted by atomic mass is 9.89. The molecule has 0 spiro atoms. The number of hydrogen-bond donors (Lipinski definition) is 2. The number of carbonyl (C=O) groups excluding carboxylic acids is 2. The highest BCUT2D eigenvalue weighted by atomic mass is 16.5. The smallest absolute Gasteiger partial charge is 0.255 e. The molecule has 0 radical (unpaired) electrons. The highest BCUT2D eigenvalue weighted by molar-refractivity contribution is 6.01. The van der Waals surface area contributed by atoms with Gasteiger partial charge in [-0.2, -0.15) is 0 Å². The molecule has 3 heterocycles. The van der Waals surface area contributed by atoms with Gasteiger partial charge in [-0.25, -0.2) is 0 Å². The van der Waals surface area contributed by atoms with E-state index in [9.17, 15) is 9.59 Å². The molecule has 8 nitrogen and oxygen atoms in total. The van der Waals surface area contributed by atoms with E-state index in [2.05, 4.69) is 17.2 Å². The molecule has 1 saturated carbocycles. The number of rotatable bonds is 7. The Morgan fingerprint density at radius 1 is 1.20 bits per heavy atom. The van der Waals surface area contributed by atoms with Crippen molar-refractivity contribution in [2.45, 2.75) is 81.7 Å². The van der Waals surface area contributed by atoms with Crippen LogP contribution in [-0.4, -0.2) is 67.4 Å². The van der Waals surface area contributed by atoms with E-state index in [-0.39, 0.29) is 29.6 Å². The van der Waals surface area contributed by atoms with Crippen LogP contribution in [0.4, 0.5) is 0 Å². The normalized spacial score (nSPS) is 28.5. The zero-order valence-corrected chi connectivity index (χ0v) is 20.6. The Kier molecular flexibility index (Phi) is 7.14. The predicted molar refractivity (Wildman–Crippen MR) is 131 cm³/mol. The summed E-state index contributed by atoms with van der Waals surface area (Å²) in [4.78, 5) is 27.2. The van der Waals surface area contributed by atoms with Crippen LogP contribution >= 0.6 is 0 Å². The van der Waals surface area contributed by atoms with Gasteiger partial charge in [0.1, 0.15) is 17.9 Å².